The lowest BCUT2D eigenvalue weighted by Gasteiger charge is -2.30. The molecule has 0 saturated carbocycles. The number of alkyl halides is 3. The van der Waals surface area contributed by atoms with E-state index in [0.29, 0.717) is 17.9 Å². The van der Waals surface area contributed by atoms with E-state index in [1.807, 2.05) is 25.1 Å². The third kappa shape index (κ3) is 4.27. The van der Waals surface area contributed by atoms with Crippen molar-refractivity contribution in [3.05, 3.63) is 53.3 Å². The van der Waals surface area contributed by atoms with Crippen molar-refractivity contribution in [3.8, 4) is 0 Å². The first-order valence-electron chi connectivity index (χ1n) is 8.21. The number of aliphatic imine (C=N–C) groups is 1. The lowest BCUT2D eigenvalue weighted by Crippen LogP contribution is -2.49. The van der Waals surface area contributed by atoms with Gasteiger partial charge in [-0.25, -0.2) is 4.99 Å². The molecule has 0 radical (unpaired) electrons. The molecule has 4 N–H and O–H groups in total. The Hall–Kier alpha value is -2.88. The first-order chi connectivity index (χ1) is 12.5. The Morgan fingerprint density at radius 2 is 2.04 bits per heavy atom. The van der Waals surface area contributed by atoms with Gasteiger partial charge in [-0.1, -0.05) is 6.07 Å². The number of hydrogen-bond acceptors (Lipinski definition) is 6. The van der Waals surface area contributed by atoms with Crippen LogP contribution in [0.1, 0.15) is 24.0 Å². The standard InChI is InChI=1S/C17H20F3N7/c1-10-5-4-6-12(23-10)8-27-9-13(11(2)26-27)24-15-22-7-14(17(18,19)20)16(3,21)25-15/h4-7,9H,8,21H2,1-3H3,(H2,22,24,25). The lowest BCUT2D eigenvalue weighted by molar-refractivity contribution is -0.100. The van der Waals surface area contributed by atoms with Crippen molar-refractivity contribution in [3.63, 3.8) is 0 Å². The minimum Gasteiger partial charge on any atom is -0.332 e. The number of rotatable bonds is 3. The van der Waals surface area contributed by atoms with Crippen molar-refractivity contribution in [2.24, 2.45) is 10.7 Å². The van der Waals surface area contributed by atoms with E-state index in [1.165, 1.54) is 6.92 Å². The van der Waals surface area contributed by atoms with Crippen LogP contribution in [0.2, 0.25) is 0 Å². The van der Waals surface area contributed by atoms with E-state index in [0.717, 1.165) is 17.6 Å². The smallest absolute Gasteiger partial charge is 0.332 e. The van der Waals surface area contributed by atoms with Crippen LogP contribution in [0, 0.1) is 13.8 Å². The fraction of sp³-hybridized carbons (Fsp3) is 0.353. The maximum atomic E-state index is 13.0. The highest BCUT2D eigenvalue weighted by Crippen LogP contribution is 2.34. The SMILES string of the molecule is Cc1cccc(Cn2cc(NC3=NC(C)(N)C(C(F)(F)F)=CN3)c(C)n2)n1. The number of halogens is 3. The van der Waals surface area contributed by atoms with Crippen LogP contribution in [0.4, 0.5) is 18.9 Å². The van der Waals surface area contributed by atoms with Crippen molar-refractivity contribution in [1.82, 2.24) is 20.1 Å². The number of nitrogens with zero attached hydrogens (tertiary/aromatic N) is 4. The Morgan fingerprint density at radius 1 is 1.30 bits per heavy atom. The number of aromatic nitrogens is 3. The van der Waals surface area contributed by atoms with Crippen molar-refractivity contribution in [1.29, 1.82) is 0 Å². The molecule has 7 nitrogen and oxygen atoms in total. The fourth-order valence-electron chi connectivity index (χ4n) is 2.75. The zero-order chi connectivity index (χ0) is 19.8. The number of anilines is 1. The summed E-state index contributed by atoms with van der Waals surface area (Å²) in [5.41, 5.74) is 5.92. The molecule has 1 aliphatic heterocycles. The summed E-state index contributed by atoms with van der Waals surface area (Å²) in [5.74, 6) is 0.115. The third-order valence-corrected chi connectivity index (χ3v) is 4.02. The normalized spacial score (nSPS) is 20.0. The number of nitrogens with two attached hydrogens (primary N) is 1. The Kier molecular flexibility index (Phi) is 4.68. The minimum atomic E-state index is -4.56. The van der Waals surface area contributed by atoms with Crippen LogP contribution in [0.3, 0.4) is 0 Å². The first kappa shape index (κ1) is 18.9. The van der Waals surface area contributed by atoms with Gasteiger partial charge in [0.05, 0.1) is 29.2 Å². The summed E-state index contributed by atoms with van der Waals surface area (Å²) in [7, 11) is 0. The van der Waals surface area contributed by atoms with Gasteiger partial charge in [0.1, 0.15) is 5.66 Å². The molecule has 0 bridgehead atoms. The number of aryl methyl sites for hydroxylation is 2. The minimum absolute atomic E-state index is 0.115. The van der Waals surface area contributed by atoms with Gasteiger partial charge in [-0.2, -0.15) is 18.3 Å². The lowest BCUT2D eigenvalue weighted by atomic mass is 10.0. The molecule has 0 aliphatic carbocycles. The van der Waals surface area contributed by atoms with E-state index in [4.69, 9.17) is 5.73 Å². The highest BCUT2D eigenvalue weighted by atomic mass is 19.4. The quantitative estimate of drug-likeness (QED) is 0.762. The van der Waals surface area contributed by atoms with Crippen molar-refractivity contribution < 1.29 is 13.2 Å². The van der Waals surface area contributed by atoms with E-state index < -0.39 is 17.4 Å². The monoisotopic (exact) mass is 379 g/mol. The van der Waals surface area contributed by atoms with Gasteiger partial charge >= 0.3 is 6.18 Å². The predicted octanol–water partition coefficient (Wildman–Crippen LogP) is 2.44. The average Bonchev–Trinajstić information content (AvgIpc) is 2.84. The maximum absolute atomic E-state index is 13.0. The Balaban J connectivity index is 1.76. The van der Waals surface area contributed by atoms with Gasteiger partial charge in [-0.15, -0.1) is 0 Å². The molecule has 0 amide bonds. The molecular formula is C17H20F3N7. The van der Waals surface area contributed by atoms with Gasteiger partial charge < -0.3 is 16.4 Å². The summed E-state index contributed by atoms with van der Waals surface area (Å²) >= 11 is 0. The molecule has 0 fully saturated rings. The molecule has 2 aromatic rings. The Labute approximate surface area is 154 Å². The molecule has 1 aliphatic rings. The maximum Gasteiger partial charge on any atom is 0.417 e. The van der Waals surface area contributed by atoms with Crippen molar-refractivity contribution >= 4 is 11.6 Å². The second-order valence-electron chi connectivity index (χ2n) is 6.53. The summed E-state index contributed by atoms with van der Waals surface area (Å²) in [6.07, 6.45) is -2.00. The first-order valence-corrected chi connectivity index (χ1v) is 8.21. The van der Waals surface area contributed by atoms with E-state index in [-0.39, 0.29) is 5.96 Å². The number of guanidine groups is 1. The summed E-state index contributed by atoms with van der Waals surface area (Å²) in [4.78, 5) is 8.36. The van der Waals surface area contributed by atoms with Gasteiger partial charge in [0.15, 0.2) is 0 Å². The van der Waals surface area contributed by atoms with Gasteiger partial charge in [0.2, 0.25) is 5.96 Å². The van der Waals surface area contributed by atoms with Gasteiger partial charge in [0.25, 0.3) is 0 Å². The molecule has 2 aromatic heterocycles. The molecule has 27 heavy (non-hydrogen) atoms. The van der Waals surface area contributed by atoms with Crippen LogP contribution in [-0.2, 0) is 6.54 Å². The highest BCUT2D eigenvalue weighted by molar-refractivity contribution is 5.95. The number of pyridine rings is 1. The third-order valence-electron chi connectivity index (χ3n) is 4.02. The Bertz CT molecular complexity index is 909. The van der Waals surface area contributed by atoms with E-state index in [2.05, 4.69) is 25.7 Å². The van der Waals surface area contributed by atoms with Crippen LogP contribution in [0.15, 0.2) is 41.2 Å². The van der Waals surface area contributed by atoms with Crippen molar-refractivity contribution in [2.75, 3.05) is 5.32 Å². The second kappa shape index (κ2) is 6.69. The molecule has 144 valence electrons. The van der Waals surface area contributed by atoms with Crippen molar-refractivity contribution in [2.45, 2.75) is 39.2 Å². The summed E-state index contributed by atoms with van der Waals surface area (Å²) in [6, 6.07) is 5.72. The average molecular weight is 379 g/mol. The molecule has 0 spiro atoms. The van der Waals surface area contributed by atoms with Crippen LogP contribution >= 0.6 is 0 Å². The van der Waals surface area contributed by atoms with Crippen LogP contribution in [0.5, 0.6) is 0 Å². The molecular weight excluding hydrogens is 359 g/mol. The van der Waals surface area contributed by atoms with Crippen LogP contribution in [0.25, 0.3) is 0 Å². The molecule has 3 rings (SSSR count). The van der Waals surface area contributed by atoms with Gasteiger partial charge in [-0.05, 0) is 32.9 Å². The highest BCUT2D eigenvalue weighted by Gasteiger charge is 2.45. The second-order valence-corrected chi connectivity index (χ2v) is 6.53. The predicted molar refractivity (Wildman–Crippen MR) is 96.0 cm³/mol. The summed E-state index contributed by atoms with van der Waals surface area (Å²) in [6.45, 7) is 5.36. The summed E-state index contributed by atoms with van der Waals surface area (Å²) < 4.78 is 40.7. The molecule has 0 saturated heterocycles. The topological polar surface area (TPSA) is 93.2 Å². The zero-order valence-corrected chi connectivity index (χ0v) is 15.1. The number of nitrogens with one attached hydrogen (secondary N) is 2. The molecule has 1 unspecified atom stereocenters. The molecule has 10 heteroatoms. The zero-order valence-electron chi connectivity index (χ0n) is 15.1. The molecule has 3 heterocycles. The van der Waals surface area contributed by atoms with E-state index in [1.54, 1.807) is 17.8 Å². The molecule has 0 aromatic carbocycles. The Morgan fingerprint density at radius 3 is 2.67 bits per heavy atom. The molecule has 1 atom stereocenters. The largest absolute Gasteiger partial charge is 0.417 e. The van der Waals surface area contributed by atoms with Gasteiger partial charge in [0, 0.05) is 18.1 Å². The fourth-order valence-corrected chi connectivity index (χ4v) is 2.75. The van der Waals surface area contributed by atoms with Crippen LogP contribution < -0.4 is 16.4 Å². The van der Waals surface area contributed by atoms with E-state index in [9.17, 15) is 13.2 Å². The van der Waals surface area contributed by atoms with E-state index >= 15 is 0 Å². The van der Waals surface area contributed by atoms with Crippen LogP contribution in [-0.4, -0.2) is 32.6 Å². The number of hydrogen-bond donors (Lipinski definition) is 3. The van der Waals surface area contributed by atoms with Gasteiger partial charge in [-0.3, -0.25) is 9.67 Å². The summed E-state index contributed by atoms with van der Waals surface area (Å²) in [5, 5.41) is 9.83.